The predicted molar refractivity (Wildman–Crippen MR) is 85.6 cm³/mol. The number of amides is 2. The van der Waals surface area contributed by atoms with Crippen molar-refractivity contribution in [2.75, 3.05) is 11.4 Å². The second-order valence-electron chi connectivity index (χ2n) is 5.50. The minimum absolute atomic E-state index is 0.155. The molecule has 1 fully saturated rings. The molecule has 1 aliphatic rings. The number of hydrogen-bond donors (Lipinski definition) is 1. The molecule has 0 spiro atoms. The Hall–Kier alpha value is -2.69. The molecule has 2 aromatic carbocycles. The molecular weight excluding hydrogens is 295 g/mol. The molecule has 1 saturated heterocycles. The van der Waals surface area contributed by atoms with Gasteiger partial charge in [-0.05, 0) is 48.4 Å². The van der Waals surface area contributed by atoms with Crippen molar-refractivity contribution >= 4 is 17.5 Å². The molecule has 3 rings (SSSR count). The zero-order chi connectivity index (χ0) is 16.2. The molecule has 5 heteroatoms. The summed E-state index contributed by atoms with van der Waals surface area (Å²) in [5.41, 5.74) is 2.25. The number of carbonyl (C=O) groups excluding carboxylic acids is 2. The van der Waals surface area contributed by atoms with Gasteiger partial charge < -0.3 is 10.2 Å². The van der Waals surface area contributed by atoms with Crippen LogP contribution < -0.4 is 10.2 Å². The summed E-state index contributed by atoms with van der Waals surface area (Å²) in [4.78, 5) is 25.4. The zero-order valence-corrected chi connectivity index (χ0v) is 12.6. The van der Waals surface area contributed by atoms with Gasteiger partial charge in [-0.25, -0.2) is 4.39 Å². The highest BCUT2D eigenvalue weighted by Gasteiger charge is 2.21. The molecule has 0 radical (unpaired) electrons. The molecule has 0 saturated carbocycles. The number of rotatable bonds is 4. The number of hydrogen-bond acceptors (Lipinski definition) is 2. The van der Waals surface area contributed by atoms with Gasteiger partial charge in [0.05, 0.1) is 0 Å². The van der Waals surface area contributed by atoms with E-state index in [-0.39, 0.29) is 17.6 Å². The summed E-state index contributed by atoms with van der Waals surface area (Å²) in [6.07, 6.45) is 1.50. The summed E-state index contributed by atoms with van der Waals surface area (Å²) >= 11 is 0. The Morgan fingerprint density at radius 1 is 1.09 bits per heavy atom. The Bertz CT molecular complexity index is 711. The van der Waals surface area contributed by atoms with Gasteiger partial charge in [0.2, 0.25) is 5.91 Å². The van der Waals surface area contributed by atoms with Crippen LogP contribution in [0.3, 0.4) is 0 Å². The van der Waals surface area contributed by atoms with Crippen molar-refractivity contribution in [3.8, 4) is 0 Å². The minimum Gasteiger partial charge on any atom is -0.348 e. The monoisotopic (exact) mass is 312 g/mol. The van der Waals surface area contributed by atoms with Gasteiger partial charge in [-0.1, -0.05) is 12.1 Å². The fraction of sp³-hybridized carbons (Fsp3) is 0.222. The maximum atomic E-state index is 12.8. The number of nitrogens with zero attached hydrogens (tertiary/aromatic N) is 1. The Morgan fingerprint density at radius 3 is 2.39 bits per heavy atom. The lowest BCUT2D eigenvalue weighted by Gasteiger charge is -2.16. The van der Waals surface area contributed by atoms with Crippen LogP contribution in [0.4, 0.5) is 10.1 Å². The van der Waals surface area contributed by atoms with E-state index in [0.29, 0.717) is 18.5 Å². The van der Waals surface area contributed by atoms with Gasteiger partial charge in [-0.2, -0.15) is 0 Å². The van der Waals surface area contributed by atoms with Crippen LogP contribution in [0.5, 0.6) is 0 Å². The molecule has 4 nitrogen and oxygen atoms in total. The van der Waals surface area contributed by atoms with Crippen LogP contribution in [-0.2, 0) is 11.3 Å². The van der Waals surface area contributed by atoms with Crippen molar-refractivity contribution < 1.29 is 14.0 Å². The summed E-state index contributed by atoms with van der Waals surface area (Å²) < 4.78 is 12.8. The van der Waals surface area contributed by atoms with E-state index in [9.17, 15) is 14.0 Å². The summed E-state index contributed by atoms with van der Waals surface area (Å²) in [5.74, 6) is -0.459. The van der Waals surface area contributed by atoms with E-state index in [1.54, 1.807) is 4.90 Å². The third-order valence-electron chi connectivity index (χ3n) is 3.88. The van der Waals surface area contributed by atoms with Gasteiger partial charge in [-0.15, -0.1) is 0 Å². The van der Waals surface area contributed by atoms with Crippen LogP contribution in [0, 0.1) is 5.82 Å². The number of carbonyl (C=O) groups is 2. The van der Waals surface area contributed by atoms with E-state index < -0.39 is 0 Å². The Balaban J connectivity index is 1.59. The van der Waals surface area contributed by atoms with Gasteiger partial charge >= 0.3 is 0 Å². The molecule has 118 valence electrons. The van der Waals surface area contributed by atoms with Crippen LogP contribution in [0.25, 0.3) is 0 Å². The largest absolute Gasteiger partial charge is 0.348 e. The average Bonchev–Trinajstić information content (AvgIpc) is 3.00. The van der Waals surface area contributed by atoms with Crippen LogP contribution >= 0.6 is 0 Å². The second kappa shape index (κ2) is 6.60. The zero-order valence-electron chi connectivity index (χ0n) is 12.6. The molecule has 0 unspecified atom stereocenters. The maximum Gasteiger partial charge on any atom is 0.251 e. The molecule has 0 atom stereocenters. The third-order valence-corrected chi connectivity index (χ3v) is 3.88. The van der Waals surface area contributed by atoms with Crippen LogP contribution in [0.1, 0.15) is 28.8 Å². The predicted octanol–water partition coefficient (Wildman–Crippen LogP) is 2.88. The van der Waals surface area contributed by atoms with E-state index >= 15 is 0 Å². The Labute approximate surface area is 133 Å². The highest BCUT2D eigenvalue weighted by Crippen LogP contribution is 2.21. The van der Waals surface area contributed by atoms with Gasteiger partial charge in [-0.3, -0.25) is 9.59 Å². The van der Waals surface area contributed by atoms with Crippen molar-refractivity contribution in [1.29, 1.82) is 0 Å². The molecule has 1 heterocycles. The summed E-state index contributed by atoms with van der Waals surface area (Å²) in [6, 6.07) is 13.0. The number of benzene rings is 2. The first-order valence-electron chi connectivity index (χ1n) is 7.56. The van der Waals surface area contributed by atoms with Gasteiger partial charge in [0, 0.05) is 30.8 Å². The van der Waals surface area contributed by atoms with Crippen LogP contribution in [0.2, 0.25) is 0 Å². The molecule has 1 N–H and O–H groups in total. The number of nitrogens with one attached hydrogen (secondary N) is 1. The summed E-state index contributed by atoms with van der Waals surface area (Å²) in [5, 5.41) is 2.79. The van der Waals surface area contributed by atoms with E-state index in [2.05, 4.69) is 5.32 Å². The van der Waals surface area contributed by atoms with Crippen molar-refractivity contribution in [2.24, 2.45) is 0 Å². The lowest BCUT2D eigenvalue weighted by molar-refractivity contribution is -0.117. The molecule has 1 aliphatic heterocycles. The average molecular weight is 312 g/mol. The Morgan fingerprint density at radius 2 is 1.78 bits per heavy atom. The first-order chi connectivity index (χ1) is 11.1. The normalized spacial score (nSPS) is 14.1. The van der Waals surface area contributed by atoms with E-state index in [1.807, 2.05) is 24.3 Å². The molecular formula is C18H17FN2O2. The van der Waals surface area contributed by atoms with Crippen LogP contribution in [0.15, 0.2) is 48.5 Å². The van der Waals surface area contributed by atoms with E-state index in [4.69, 9.17) is 0 Å². The standard InChI is InChI=1S/C18H17FN2O2/c19-15-7-5-14(6-8-15)18(23)20-12-13-3-9-16(10-4-13)21-11-1-2-17(21)22/h3-10H,1-2,11-12H2,(H,20,23). The Kier molecular flexibility index (Phi) is 4.37. The van der Waals surface area contributed by atoms with Crippen molar-refractivity contribution in [3.05, 3.63) is 65.5 Å². The van der Waals surface area contributed by atoms with Gasteiger partial charge in [0.1, 0.15) is 5.82 Å². The van der Waals surface area contributed by atoms with E-state index in [1.165, 1.54) is 24.3 Å². The number of anilines is 1. The van der Waals surface area contributed by atoms with Crippen molar-refractivity contribution in [1.82, 2.24) is 5.32 Å². The quantitative estimate of drug-likeness (QED) is 0.944. The lowest BCUT2D eigenvalue weighted by Crippen LogP contribution is -2.24. The highest BCUT2D eigenvalue weighted by atomic mass is 19.1. The molecule has 23 heavy (non-hydrogen) atoms. The maximum absolute atomic E-state index is 12.8. The second-order valence-corrected chi connectivity index (χ2v) is 5.50. The fourth-order valence-corrected chi connectivity index (χ4v) is 2.60. The number of halogens is 1. The van der Waals surface area contributed by atoms with Crippen LogP contribution in [-0.4, -0.2) is 18.4 Å². The van der Waals surface area contributed by atoms with Crippen molar-refractivity contribution in [3.63, 3.8) is 0 Å². The minimum atomic E-state index is -0.367. The smallest absolute Gasteiger partial charge is 0.251 e. The summed E-state index contributed by atoms with van der Waals surface area (Å²) in [6.45, 7) is 1.14. The SMILES string of the molecule is O=C(NCc1ccc(N2CCCC2=O)cc1)c1ccc(F)cc1. The van der Waals surface area contributed by atoms with Crippen molar-refractivity contribution in [2.45, 2.75) is 19.4 Å². The fourth-order valence-electron chi connectivity index (χ4n) is 2.60. The lowest BCUT2D eigenvalue weighted by atomic mass is 10.1. The molecule has 2 aromatic rings. The molecule has 0 aromatic heterocycles. The van der Waals surface area contributed by atoms with Gasteiger partial charge in [0.25, 0.3) is 5.91 Å². The summed E-state index contributed by atoms with van der Waals surface area (Å²) in [7, 11) is 0. The third kappa shape index (κ3) is 3.56. The van der Waals surface area contributed by atoms with Gasteiger partial charge in [0.15, 0.2) is 0 Å². The molecule has 0 bridgehead atoms. The molecule has 0 aliphatic carbocycles. The topological polar surface area (TPSA) is 49.4 Å². The first-order valence-corrected chi connectivity index (χ1v) is 7.56. The molecule has 2 amide bonds. The van der Waals surface area contributed by atoms with E-state index in [0.717, 1.165) is 24.2 Å². The highest BCUT2D eigenvalue weighted by molar-refractivity contribution is 5.95. The first kappa shape index (κ1) is 15.2.